The van der Waals surface area contributed by atoms with Gasteiger partial charge >= 0.3 is 0 Å². The molecule has 1 aliphatic rings. The van der Waals surface area contributed by atoms with E-state index in [0.717, 1.165) is 17.0 Å². The fourth-order valence-corrected chi connectivity index (χ4v) is 3.68. The number of benzene rings is 2. The topological polar surface area (TPSA) is 26.3 Å². The van der Waals surface area contributed by atoms with Crippen LogP contribution in [-0.2, 0) is 17.6 Å². The zero-order chi connectivity index (χ0) is 12.5. The van der Waals surface area contributed by atoms with Gasteiger partial charge in [0.2, 0.25) is 0 Å². The molecule has 0 saturated heterocycles. The number of anilines is 1. The van der Waals surface area contributed by atoms with E-state index in [4.69, 9.17) is 0 Å². The second-order valence-electron chi connectivity index (χ2n) is 4.64. The highest BCUT2D eigenvalue weighted by atomic mass is 32.2. The zero-order valence-corrected chi connectivity index (χ0v) is 11.1. The highest BCUT2D eigenvalue weighted by molar-refractivity contribution is 7.92. The van der Waals surface area contributed by atoms with E-state index in [-0.39, 0.29) is 0 Å². The van der Waals surface area contributed by atoms with Gasteiger partial charge < -0.3 is 9.45 Å². The van der Waals surface area contributed by atoms with Crippen molar-refractivity contribution in [1.82, 2.24) is 0 Å². The fourth-order valence-electron chi connectivity index (χ4n) is 2.31. The van der Waals surface area contributed by atoms with Gasteiger partial charge in [-0.3, -0.25) is 0 Å². The summed E-state index contributed by atoms with van der Waals surface area (Å²) < 4.78 is 12.0. The molecular weight excluding hydrogens is 242 g/mol. The molecule has 2 aromatic rings. The molecule has 92 valence electrons. The zero-order valence-electron chi connectivity index (χ0n) is 10.3. The second-order valence-corrected chi connectivity index (χ2v) is 6.03. The van der Waals surface area contributed by atoms with E-state index in [1.54, 1.807) is 0 Å². The maximum Gasteiger partial charge on any atom is 0.183 e. The van der Waals surface area contributed by atoms with Gasteiger partial charge in [0.25, 0.3) is 0 Å². The Bertz CT molecular complexity index is 556. The standard InChI is InChI=1S/C15H15NOS/c1-16-11-18(17)15-10-13(7-8-14(15)16)9-12-5-3-2-4-6-12/h2-8,10H,9,11H2,1H3. The third-order valence-electron chi connectivity index (χ3n) is 3.24. The number of rotatable bonds is 2. The van der Waals surface area contributed by atoms with Crippen molar-refractivity contribution >= 4 is 16.9 Å². The van der Waals surface area contributed by atoms with Gasteiger partial charge in [0, 0.05) is 18.2 Å². The number of nitrogens with zero attached hydrogens (tertiary/aromatic N) is 1. The van der Waals surface area contributed by atoms with Crippen LogP contribution in [0.2, 0.25) is 0 Å². The van der Waals surface area contributed by atoms with Crippen molar-refractivity contribution in [3.8, 4) is 0 Å². The second kappa shape index (κ2) is 4.67. The van der Waals surface area contributed by atoms with Crippen LogP contribution in [0.3, 0.4) is 0 Å². The van der Waals surface area contributed by atoms with E-state index in [1.165, 1.54) is 11.1 Å². The molecule has 1 unspecified atom stereocenters. The Hall–Kier alpha value is -1.45. The summed E-state index contributed by atoms with van der Waals surface area (Å²) in [6.45, 7) is 0. The van der Waals surface area contributed by atoms with Crippen molar-refractivity contribution < 1.29 is 4.55 Å². The van der Waals surface area contributed by atoms with Crippen molar-refractivity contribution in [2.75, 3.05) is 17.8 Å². The van der Waals surface area contributed by atoms with E-state index < -0.39 is 11.2 Å². The maximum atomic E-state index is 12.0. The molecule has 1 aliphatic heterocycles. The minimum atomic E-state index is -0.870. The van der Waals surface area contributed by atoms with E-state index >= 15 is 0 Å². The highest BCUT2D eigenvalue weighted by Crippen LogP contribution is 2.33. The molecule has 1 heterocycles. The SMILES string of the molecule is CN1C[S+]([O-])c2cc(Cc3ccccc3)ccc21. The predicted octanol–water partition coefficient (Wildman–Crippen LogP) is 2.79. The monoisotopic (exact) mass is 257 g/mol. The van der Waals surface area contributed by atoms with Crippen LogP contribution in [0.4, 0.5) is 5.69 Å². The quantitative estimate of drug-likeness (QED) is 0.773. The van der Waals surface area contributed by atoms with Crippen molar-refractivity contribution in [3.05, 3.63) is 59.7 Å². The van der Waals surface area contributed by atoms with Crippen molar-refractivity contribution in [1.29, 1.82) is 0 Å². The molecule has 0 fully saturated rings. The van der Waals surface area contributed by atoms with Crippen LogP contribution in [0.5, 0.6) is 0 Å². The van der Waals surface area contributed by atoms with Crippen LogP contribution in [-0.4, -0.2) is 17.5 Å². The van der Waals surface area contributed by atoms with Crippen molar-refractivity contribution in [2.24, 2.45) is 0 Å². The van der Waals surface area contributed by atoms with Crippen LogP contribution < -0.4 is 4.90 Å². The molecule has 0 aromatic heterocycles. The summed E-state index contributed by atoms with van der Waals surface area (Å²) in [7, 11) is 1.99. The van der Waals surface area contributed by atoms with Gasteiger partial charge in [-0.25, -0.2) is 0 Å². The van der Waals surface area contributed by atoms with Crippen LogP contribution in [0.15, 0.2) is 53.4 Å². The first-order valence-corrected chi connectivity index (χ1v) is 7.32. The Labute approximate surface area is 110 Å². The van der Waals surface area contributed by atoms with Crippen LogP contribution in [0, 0.1) is 0 Å². The molecule has 18 heavy (non-hydrogen) atoms. The highest BCUT2D eigenvalue weighted by Gasteiger charge is 2.28. The molecule has 0 amide bonds. The molecule has 0 aliphatic carbocycles. The lowest BCUT2D eigenvalue weighted by atomic mass is 10.0. The normalized spacial score (nSPS) is 17.9. The van der Waals surface area contributed by atoms with Crippen LogP contribution >= 0.6 is 0 Å². The van der Waals surface area contributed by atoms with E-state index in [9.17, 15) is 4.55 Å². The molecule has 0 N–H and O–H groups in total. The molecule has 0 bridgehead atoms. The molecule has 0 saturated carbocycles. The summed E-state index contributed by atoms with van der Waals surface area (Å²) >= 11 is -0.870. The van der Waals surface area contributed by atoms with Gasteiger partial charge in [0.1, 0.15) is 0 Å². The van der Waals surface area contributed by atoms with Gasteiger partial charge in [0.05, 0.1) is 5.69 Å². The summed E-state index contributed by atoms with van der Waals surface area (Å²) in [4.78, 5) is 3.03. The molecule has 2 nitrogen and oxygen atoms in total. The minimum absolute atomic E-state index is 0.615. The predicted molar refractivity (Wildman–Crippen MR) is 75.4 cm³/mol. The Kier molecular flexibility index (Phi) is 3.02. The Morgan fingerprint density at radius 2 is 1.89 bits per heavy atom. The molecule has 3 rings (SSSR count). The first kappa shape index (κ1) is 11.6. The fraction of sp³-hybridized carbons (Fsp3) is 0.200. The minimum Gasteiger partial charge on any atom is -0.610 e. The summed E-state index contributed by atoms with van der Waals surface area (Å²) in [6.07, 6.45) is 0.898. The summed E-state index contributed by atoms with van der Waals surface area (Å²) in [5.41, 5.74) is 3.61. The van der Waals surface area contributed by atoms with Crippen LogP contribution in [0.25, 0.3) is 0 Å². The number of hydrogen-bond acceptors (Lipinski definition) is 2. The number of hydrogen-bond donors (Lipinski definition) is 0. The molecular formula is C15H15NOS. The van der Waals surface area contributed by atoms with Gasteiger partial charge in [0.15, 0.2) is 10.8 Å². The molecule has 2 aromatic carbocycles. The molecule has 3 heteroatoms. The third-order valence-corrected chi connectivity index (χ3v) is 4.68. The maximum absolute atomic E-state index is 12.0. The lowest BCUT2D eigenvalue weighted by Gasteiger charge is -2.07. The van der Waals surface area contributed by atoms with Gasteiger partial charge in [-0.2, -0.15) is 0 Å². The average Bonchev–Trinajstić information content (AvgIpc) is 2.66. The van der Waals surface area contributed by atoms with Gasteiger partial charge in [-0.05, 0) is 29.7 Å². The Morgan fingerprint density at radius 1 is 1.11 bits per heavy atom. The molecule has 0 spiro atoms. The van der Waals surface area contributed by atoms with E-state index in [0.29, 0.717) is 5.88 Å². The summed E-state index contributed by atoms with van der Waals surface area (Å²) in [5, 5.41) is 0. The first-order valence-electron chi connectivity index (χ1n) is 6.00. The lowest BCUT2D eigenvalue weighted by Crippen LogP contribution is -2.16. The number of fused-ring (bicyclic) bond motifs is 1. The largest absolute Gasteiger partial charge is 0.610 e. The smallest absolute Gasteiger partial charge is 0.183 e. The van der Waals surface area contributed by atoms with Crippen molar-refractivity contribution in [3.63, 3.8) is 0 Å². The van der Waals surface area contributed by atoms with Crippen LogP contribution in [0.1, 0.15) is 11.1 Å². The van der Waals surface area contributed by atoms with E-state index in [2.05, 4.69) is 47.4 Å². The molecule has 1 atom stereocenters. The lowest BCUT2D eigenvalue weighted by molar-refractivity contribution is 0.598. The summed E-state index contributed by atoms with van der Waals surface area (Å²) in [6, 6.07) is 16.7. The molecule has 0 radical (unpaired) electrons. The van der Waals surface area contributed by atoms with Crippen molar-refractivity contribution in [2.45, 2.75) is 11.3 Å². The summed E-state index contributed by atoms with van der Waals surface area (Å²) in [5.74, 6) is 0.615. The third kappa shape index (κ3) is 2.11. The average molecular weight is 257 g/mol. The van der Waals surface area contributed by atoms with E-state index in [1.807, 2.05) is 13.1 Å². The Morgan fingerprint density at radius 3 is 2.67 bits per heavy atom. The van der Waals surface area contributed by atoms with Gasteiger partial charge in [-0.1, -0.05) is 36.4 Å². The van der Waals surface area contributed by atoms with Gasteiger partial charge in [-0.15, -0.1) is 0 Å². The Balaban J connectivity index is 1.89. The first-order chi connectivity index (χ1) is 8.74.